The van der Waals surface area contributed by atoms with E-state index in [1.54, 1.807) is 18.2 Å². The molecular formula is C14H13F2NO2. The van der Waals surface area contributed by atoms with Gasteiger partial charge in [0.05, 0.1) is 7.11 Å². The van der Waals surface area contributed by atoms with E-state index in [-0.39, 0.29) is 12.4 Å². The molecule has 2 aromatic rings. The highest BCUT2D eigenvalue weighted by Gasteiger charge is 2.06. The summed E-state index contributed by atoms with van der Waals surface area (Å²) in [6, 6.07) is 8.12. The minimum atomic E-state index is -0.681. The third-order valence-electron chi connectivity index (χ3n) is 2.54. The molecule has 0 saturated heterocycles. The maximum atomic E-state index is 13.0. The summed E-state index contributed by atoms with van der Waals surface area (Å²) in [6.45, 7) is 0.131. The smallest absolute Gasteiger partial charge is 0.129 e. The molecular weight excluding hydrogens is 252 g/mol. The second kappa shape index (κ2) is 5.56. The van der Waals surface area contributed by atoms with Gasteiger partial charge in [0.25, 0.3) is 0 Å². The van der Waals surface area contributed by atoms with Crippen molar-refractivity contribution in [3.63, 3.8) is 0 Å². The molecule has 0 aliphatic heterocycles. The van der Waals surface area contributed by atoms with Gasteiger partial charge in [0.15, 0.2) is 0 Å². The third-order valence-corrected chi connectivity index (χ3v) is 2.54. The van der Waals surface area contributed by atoms with Crippen LogP contribution in [0.25, 0.3) is 0 Å². The second-order valence-corrected chi connectivity index (χ2v) is 3.97. The van der Waals surface area contributed by atoms with Crippen LogP contribution in [0.1, 0.15) is 5.56 Å². The molecule has 0 aliphatic rings. The lowest BCUT2D eigenvalue weighted by molar-refractivity contribution is 0.293. The Hall–Kier alpha value is -2.30. The van der Waals surface area contributed by atoms with E-state index in [2.05, 4.69) is 0 Å². The lowest BCUT2D eigenvalue weighted by Gasteiger charge is -2.11. The van der Waals surface area contributed by atoms with Gasteiger partial charge >= 0.3 is 0 Å². The number of halogens is 2. The van der Waals surface area contributed by atoms with Gasteiger partial charge in [0.2, 0.25) is 0 Å². The first-order valence-electron chi connectivity index (χ1n) is 5.60. The van der Waals surface area contributed by atoms with Gasteiger partial charge in [0, 0.05) is 35.5 Å². The van der Waals surface area contributed by atoms with Crippen molar-refractivity contribution in [2.75, 3.05) is 12.8 Å². The Morgan fingerprint density at radius 1 is 1.05 bits per heavy atom. The van der Waals surface area contributed by atoms with E-state index in [1.165, 1.54) is 7.11 Å². The second-order valence-electron chi connectivity index (χ2n) is 3.97. The minimum absolute atomic E-state index is 0.122. The zero-order valence-corrected chi connectivity index (χ0v) is 10.3. The number of methoxy groups -OCH3 is 1. The van der Waals surface area contributed by atoms with Crippen molar-refractivity contribution in [2.45, 2.75) is 6.61 Å². The van der Waals surface area contributed by atoms with Gasteiger partial charge in [-0.1, -0.05) is 0 Å². The van der Waals surface area contributed by atoms with Crippen LogP contribution < -0.4 is 15.2 Å². The molecule has 0 atom stereocenters. The van der Waals surface area contributed by atoms with Crippen LogP contribution in [0.2, 0.25) is 0 Å². The molecule has 3 nitrogen and oxygen atoms in total. The molecule has 0 aromatic heterocycles. The molecule has 2 aromatic carbocycles. The van der Waals surface area contributed by atoms with Crippen LogP contribution in [0.15, 0.2) is 36.4 Å². The van der Waals surface area contributed by atoms with Gasteiger partial charge in [-0.3, -0.25) is 0 Å². The first-order chi connectivity index (χ1) is 9.08. The summed E-state index contributed by atoms with van der Waals surface area (Å²) in [6.07, 6.45) is 0. The quantitative estimate of drug-likeness (QED) is 0.864. The molecule has 2 rings (SSSR count). The van der Waals surface area contributed by atoms with Gasteiger partial charge in [-0.15, -0.1) is 0 Å². The Balaban J connectivity index is 2.14. The highest BCUT2D eigenvalue weighted by molar-refractivity contribution is 5.48. The molecule has 0 saturated carbocycles. The fourth-order valence-electron chi connectivity index (χ4n) is 1.65. The Morgan fingerprint density at radius 3 is 2.37 bits per heavy atom. The fraction of sp³-hybridized carbons (Fsp3) is 0.143. The van der Waals surface area contributed by atoms with Crippen molar-refractivity contribution >= 4 is 5.69 Å². The number of hydrogen-bond donors (Lipinski definition) is 1. The highest BCUT2D eigenvalue weighted by Crippen LogP contribution is 2.24. The largest absolute Gasteiger partial charge is 0.496 e. The van der Waals surface area contributed by atoms with Crippen molar-refractivity contribution < 1.29 is 18.3 Å². The summed E-state index contributed by atoms with van der Waals surface area (Å²) in [5.41, 5.74) is 6.93. The SMILES string of the molecule is COc1cc(N)ccc1COc1cc(F)cc(F)c1. The summed E-state index contributed by atoms with van der Waals surface area (Å²) in [5.74, 6) is -0.674. The van der Waals surface area contributed by atoms with Crippen LogP contribution in [0.3, 0.4) is 0 Å². The van der Waals surface area contributed by atoms with Crippen LogP contribution in [-0.4, -0.2) is 7.11 Å². The van der Waals surface area contributed by atoms with Crippen molar-refractivity contribution in [1.82, 2.24) is 0 Å². The Bertz CT molecular complexity index is 567. The lowest BCUT2D eigenvalue weighted by Crippen LogP contribution is -2.00. The molecule has 19 heavy (non-hydrogen) atoms. The van der Waals surface area contributed by atoms with Crippen LogP contribution in [-0.2, 0) is 6.61 Å². The molecule has 0 bridgehead atoms. The lowest BCUT2D eigenvalue weighted by atomic mass is 10.2. The molecule has 0 radical (unpaired) electrons. The number of nitrogens with two attached hydrogens (primary N) is 1. The topological polar surface area (TPSA) is 44.5 Å². The molecule has 0 aliphatic carbocycles. The number of benzene rings is 2. The molecule has 0 unspecified atom stereocenters. The summed E-state index contributed by atoms with van der Waals surface area (Å²) in [5, 5.41) is 0. The molecule has 0 spiro atoms. The summed E-state index contributed by atoms with van der Waals surface area (Å²) in [7, 11) is 1.51. The molecule has 0 heterocycles. The van der Waals surface area contributed by atoms with Crippen LogP contribution >= 0.6 is 0 Å². The normalized spacial score (nSPS) is 10.3. The molecule has 100 valence electrons. The number of ether oxygens (including phenoxy) is 2. The first-order valence-corrected chi connectivity index (χ1v) is 5.60. The minimum Gasteiger partial charge on any atom is -0.496 e. The number of anilines is 1. The monoisotopic (exact) mass is 265 g/mol. The Labute approximate surface area is 109 Å². The van der Waals surface area contributed by atoms with E-state index >= 15 is 0 Å². The van der Waals surface area contributed by atoms with Crippen molar-refractivity contribution in [3.05, 3.63) is 53.6 Å². The predicted octanol–water partition coefficient (Wildman–Crippen LogP) is 3.13. The van der Waals surface area contributed by atoms with Gasteiger partial charge in [-0.05, 0) is 12.1 Å². The molecule has 0 fully saturated rings. The van der Waals surface area contributed by atoms with Crippen LogP contribution in [0, 0.1) is 11.6 Å². The maximum absolute atomic E-state index is 13.0. The van der Waals surface area contributed by atoms with E-state index in [0.717, 1.165) is 23.8 Å². The van der Waals surface area contributed by atoms with Gasteiger partial charge in [-0.2, -0.15) is 0 Å². The first kappa shape index (κ1) is 13.1. The van der Waals surface area contributed by atoms with E-state index in [1.807, 2.05) is 0 Å². The number of rotatable bonds is 4. The Morgan fingerprint density at radius 2 is 1.74 bits per heavy atom. The molecule has 5 heteroatoms. The molecule has 0 amide bonds. The number of nitrogen functional groups attached to an aromatic ring is 1. The summed E-state index contributed by atoms with van der Waals surface area (Å²) >= 11 is 0. The van der Waals surface area contributed by atoms with Crippen LogP contribution in [0.5, 0.6) is 11.5 Å². The zero-order valence-electron chi connectivity index (χ0n) is 10.3. The fourth-order valence-corrected chi connectivity index (χ4v) is 1.65. The zero-order chi connectivity index (χ0) is 13.8. The number of hydrogen-bond acceptors (Lipinski definition) is 3. The predicted molar refractivity (Wildman–Crippen MR) is 68.1 cm³/mol. The summed E-state index contributed by atoms with van der Waals surface area (Å²) in [4.78, 5) is 0. The Kier molecular flexibility index (Phi) is 3.85. The van der Waals surface area contributed by atoms with Crippen molar-refractivity contribution in [2.24, 2.45) is 0 Å². The van der Waals surface area contributed by atoms with E-state index in [4.69, 9.17) is 15.2 Å². The van der Waals surface area contributed by atoms with Gasteiger partial charge < -0.3 is 15.2 Å². The van der Waals surface area contributed by atoms with Gasteiger partial charge in [0.1, 0.15) is 29.7 Å². The van der Waals surface area contributed by atoms with E-state index < -0.39 is 11.6 Å². The average Bonchev–Trinajstić information content (AvgIpc) is 2.36. The highest BCUT2D eigenvalue weighted by atomic mass is 19.1. The third kappa shape index (κ3) is 3.34. The van der Waals surface area contributed by atoms with Crippen molar-refractivity contribution in [3.8, 4) is 11.5 Å². The summed E-state index contributed by atoms with van der Waals surface area (Å²) < 4.78 is 36.5. The van der Waals surface area contributed by atoms with Gasteiger partial charge in [-0.25, -0.2) is 8.78 Å². The van der Waals surface area contributed by atoms with E-state index in [0.29, 0.717) is 11.4 Å². The standard InChI is InChI=1S/C14H13F2NO2/c1-18-14-7-12(17)3-2-9(14)8-19-13-5-10(15)4-11(16)6-13/h2-7H,8,17H2,1H3. The molecule has 2 N–H and O–H groups in total. The average molecular weight is 265 g/mol. The van der Waals surface area contributed by atoms with Crippen molar-refractivity contribution in [1.29, 1.82) is 0 Å². The van der Waals surface area contributed by atoms with Crippen LogP contribution in [0.4, 0.5) is 14.5 Å². The van der Waals surface area contributed by atoms with E-state index in [9.17, 15) is 8.78 Å². The maximum Gasteiger partial charge on any atom is 0.129 e.